The molecule has 0 spiro atoms. The molecule has 1 aliphatic carbocycles. The van der Waals surface area contributed by atoms with Crippen LogP contribution in [-0.4, -0.2) is 13.1 Å². The normalized spacial score (nSPS) is 37.3. The highest BCUT2D eigenvalue weighted by atomic mass is 14.9. The van der Waals surface area contributed by atoms with Crippen molar-refractivity contribution in [3.05, 3.63) is 36.5 Å². The zero-order chi connectivity index (χ0) is 8.55. The number of fused-ring (bicyclic) bond motifs is 2. The van der Waals surface area contributed by atoms with E-state index in [9.17, 15) is 0 Å². The summed E-state index contributed by atoms with van der Waals surface area (Å²) in [6, 6.07) is 0. The Hall–Kier alpha value is -0.820. The number of piperidine rings is 1. The maximum absolute atomic E-state index is 4.14. The highest BCUT2D eigenvalue weighted by Crippen LogP contribution is 2.41. The van der Waals surface area contributed by atoms with Crippen molar-refractivity contribution in [2.24, 2.45) is 11.8 Å². The molecule has 0 radical (unpaired) electrons. The van der Waals surface area contributed by atoms with Gasteiger partial charge in [-0.2, -0.15) is 0 Å². The van der Waals surface area contributed by atoms with Gasteiger partial charge in [0.15, 0.2) is 0 Å². The summed E-state index contributed by atoms with van der Waals surface area (Å²) >= 11 is 0. The molecule has 12 heavy (non-hydrogen) atoms. The Morgan fingerprint density at radius 2 is 2.08 bits per heavy atom. The van der Waals surface area contributed by atoms with Gasteiger partial charge in [-0.15, -0.1) is 0 Å². The van der Waals surface area contributed by atoms with Gasteiger partial charge in [0.2, 0.25) is 0 Å². The molecule has 1 aliphatic heterocycles. The highest BCUT2D eigenvalue weighted by molar-refractivity contribution is 5.41. The molecule has 2 atom stereocenters. The molecular formula is C11H15N. The van der Waals surface area contributed by atoms with E-state index in [0.29, 0.717) is 11.8 Å². The van der Waals surface area contributed by atoms with Crippen molar-refractivity contribution in [2.45, 2.75) is 6.42 Å². The smallest absolute Gasteiger partial charge is 0.00207 e. The van der Waals surface area contributed by atoms with Gasteiger partial charge in [-0.3, -0.25) is 0 Å². The van der Waals surface area contributed by atoms with Crippen LogP contribution in [0.4, 0.5) is 0 Å². The number of hydrogen-bond donors (Lipinski definition) is 1. The number of hydrogen-bond acceptors (Lipinski definition) is 1. The van der Waals surface area contributed by atoms with Crippen molar-refractivity contribution < 1.29 is 0 Å². The van der Waals surface area contributed by atoms with Gasteiger partial charge >= 0.3 is 0 Å². The topological polar surface area (TPSA) is 12.0 Å². The largest absolute Gasteiger partial charge is 0.316 e. The molecule has 2 aliphatic rings. The van der Waals surface area contributed by atoms with Crippen LogP contribution in [-0.2, 0) is 0 Å². The summed E-state index contributed by atoms with van der Waals surface area (Å²) in [5, 5.41) is 3.43. The fourth-order valence-electron chi connectivity index (χ4n) is 2.31. The molecule has 1 heteroatoms. The van der Waals surface area contributed by atoms with E-state index in [0.717, 1.165) is 13.1 Å². The van der Waals surface area contributed by atoms with Crippen molar-refractivity contribution in [3.63, 3.8) is 0 Å². The lowest BCUT2D eigenvalue weighted by molar-refractivity contribution is 0.406. The Morgan fingerprint density at radius 1 is 1.33 bits per heavy atom. The standard InChI is InChI=1S/C11H15N/c1-3-4-11-8(2)9-5-10(11)7-12-6-9/h3-4,9-10,12H,1-2,5-7H2/b11-4+. The molecule has 2 fully saturated rings. The quantitative estimate of drug-likeness (QED) is 0.619. The molecular weight excluding hydrogens is 146 g/mol. The van der Waals surface area contributed by atoms with Crippen LogP contribution in [0.1, 0.15) is 6.42 Å². The van der Waals surface area contributed by atoms with Gasteiger partial charge in [0.25, 0.3) is 0 Å². The SMILES string of the molecule is C=C/C=C1\C(=C)C2CNCC1C2. The molecule has 0 aromatic carbocycles. The van der Waals surface area contributed by atoms with Crippen LogP contribution < -0.4 is 5.32 Å². The van der Waals surface area contributed by atoms with Crippen molar-refractivity contribution in [1.82, 2.24) is 5.32 Å². The summed E-state index contributed by atoms with van der Waals surface area (Å²) in [7, 11) is 0. The number of rotatable bonds is 1. The predicted octanol–water partition coefficient (Wildman–Crippen LogP) is 1.89. The third-order valence-electron chi connectivity index (χ3n) is 2.95. The van der Waals surface area contributed by atoms with Gasteiger partial charge in [0.05, 0.1) is 0 Å². The van der Waals surface area contributed by atoms with E-state index in [1.807, 2.05) is 6.08 Å². The van der Waals surface area contributed by atoms with E-state index in [-0.39, 0.29) is 0 Å². The minimum atomic E-state index is 0.690. The zero-order valence-electron chi connectivity index (χ0n) is 7.34. The van der Waals surface area contributed by atoms with Crippen LogP contribution in [0.25, 0.3) is 0 Å². The maximum Gasteiger partial charge on any atom is 0.00207 e. The first kappa shape index (κ1) is 7.81. The Labute approximate surface area is 73.9 Å². The number of nitrogens with one attached hydrogen (secondary N) is 1. The first-order chi connectivity index (χ1) is 5.83. The second-order valence-electron chi connectivity index (χ2n) is 3.67. The van der Waals surface area contributed by atoms with E-state index >= 15 is 0 Å². The molecule has 1 saturated heterocycles. The molecule has 64 valence electrons. The van der Waals surface area contributed by atoms with Crippen molar-refractivity contribution in [1.29, 1.82) is 0 Å². The first-order valence-corrected chi connectivity index (χ1v) is 4.55. The molecule has 2 rings (SSSR count). The van der Waals surface area contributed by atoms with E-state index in [1.165, 1.54) is 17.6 Å². The molecule has 1 saturated carbocycles. The summed E-state index contributed by atoms with van der Waals surface area (Å²) in [6.45, 7) is 10.1. The Bertz CT molecular complexity index is 250. The molecule has 1 heterocycles. The van der Waals surface area contributed by atoms with Gasteiger partial charge in [-0.1, -0.05) is 25.3 Å². The van der Waals surface area contributed by atoms with Crippen LogP contribution >= 0.6 is 0 Å². The Morgan fingerprint density at radius 3 is 2.75 bits per heavy atom. The molecule has 0 aromatic heterocycles. The summed E-state index contributed by atoms with van der Waals surface area (Å²) in [5.41, 5.74) is 2.77. The highest BCUT2D eigenvalue weighted by Gasteiger charge is 2.34. The molecule has 2 bridgehead atoms. The summed E-state index contributed by atoms with van der Waals surface area (Å²) in [6.07, 6.45) is 5.30. The molecule has 0 aromatic rings. The minimum Gasteiger partial charge on any atom is -0.316 e. The third-order valence-corrected chi connectivity index (χ3v) is 2.95. The van der Waals surface area contributed by atoms with E-state index in [4.69, 9.17) is 0 Å². The van der Waals surface area contributed by atoms with Crippen LogP contribution in [0.5, 0.6) is 0 Å². The third kappa shape index (κ3) is 1.05. The van der Waals surface area contributed by atoms with E-state index in [1.54, 1.807) is 0 Å². The molecule has 0 amide bonds. The summed E-state index contributed by atoms with van der Waals surface area (Å²) in [4.78, 5) is 0. The van der Waals surface area contributed by atoms with Crippen LogP contribution in [0.15, 0.2) is 36.5 Å². The summed E-state index contributed by atoms with van der Waals surface area (Å²) < 4.78 is 0. The van der Waals surface area contributed by atoms with Crippen LogP contribution in [0.2, 0.25) is 0 Å². The molecule has 1 nitrogen and oxygen atoms in total. The fraction of sp³-hybridized carbons (Fsp3) is 0.455. The van der Waals surface area contributed by atoms with Crippen LogP contribution in [0.3, 0.4) is 0 Å². The fourth-order valence-corrected chi connectivity index (χ4v) is 2.31. The van der Waals surface area contributed by atoms with Gasteiger partial charge in [0, 0.05) is 13.1 Å². The summed E-state index contributed by atoms with van der Waals surface area (Å²) in [5.74, 6) is 1.39. The lowest BCUT2D eigenvalue weighted by atomic mass is 9.99. The second-order valence-corrected chi connectivity index (χ2v) is 3.67. The monoisotopic (exact) mass is 161 g/mol. The van der Waals surface area contributed by atoms with Crippen molar-refractivity contribution >= 4 is 0 Å². The lowest BCUT2D eigenvalue weighted by Crippen LogP contribution is -2.30. The zero-order valence-corrected chi connectivity index (χ0v) is 7.34. The predicted molar refractivity (Wildman–Crippen MR) is 51.9 cm³/mol. The lowest BCUT2D eigenvalue weighted by Gasteiger charge is -2.18. The van der Waals surface area contributed by atoms with Gasteiger partial charge < -0.3 is 5.32 Å². The average Bonchev–Trinajstić information content (AvgIpc) is 2.31. The van der Waals surface area contributed by atoms with E-state index in [2.05, 4.69) is 24.6 Å². The van der Waals surface area contributed by atoms with Gasteiger partial charge in [-0.25, -0.2) is 0 Å². The van der Waals surface area contributed by atoms with Gasteiger partial charge in [0.1, 0.15) is 0 Å². The number of allylic oxidation sites excluding steroid dienone is 2. The average molecular weight is 161 g/mol. The molecule has 1 N–H and O–H groups in total. The van der Waals surface area contributed by atoms with E-state index < -0.39 is 0 Å². The minimum absolute atomic E-state index is 0.690. The van der Waals surface area contributed by atoms with Crippen molar-refractivity contribution in [2.75, 3.05) is 13.1 Å². The van der Waals surface area contributed by atoms with Crippen molar-refractivity contribution in [3.8, 4) is 0 Å². The maximum atomic E-state index is 4.14. The van der Waals surface area contributed by atoms with Gasteiger partial charge in [-0.05, 0) is 29.4 Å². The van der Waals surface area contributed by atoms with Crippen LogP contribution in [0, 0.1) is 11.8 Å². The second kappa shape index (κ2) is 2.91. The Balaban J connectivity index is 2.30. The Kier molecular flexibility index (Phi) is 1.89. The molecule has 2 unspecified atom stereocenters. The first-order valence-electron chi connectivity index (χ1n) is 4.55.